The molecule has 1 unspecified atom stereocenters. The van der Waals surface area contributed by atoms with E-state index in [1.54, 1.807) is 11.2 Å². The van der Waals surface area contributed by atoms with Crippen LogP contribution in [0.3, 0.4) is 0 Å². The molecule has 0 bridgehead atoms. The normalized spacial score (nSPS) is 17.4. The first kappa shape index (κ1) is 26.3. The van der Waals surface area contributed by atoms with Crippen LogP contribution in [0.5, 0.6) is 0 Å². The Labute approximate surface area is 215 Å². The van der Waals surface area contributed by atoms with Gasteiger partial charge >= 0.3 is 0 Å². The highest BCUT2D eigenvalue weighted by atomic mass is 32.2. The van der Waals surface area contributed by atoms with Gasteiger partial charge in [-0.2, -0.15) is 0 Å². The maximum atomic E-state index is 13.7. The number of sulfone groups is 1. The number of carbonyl (C=O) groups excluding carboxylic acids is 1. The summed E-state index contributed by atoms with van der Waals surface area (Å²) >= 11 is 0. The van der Waals surface area contributed by atoms with E-state index in [9.17, 15) is 13.2 Å². The second-order valence-corrected chi connectivity index (χ2v) is 13.0. The van der Waals surface area contributed by atoms with Crippen molar-refractivity contribution >= 4 is 32.4 Å². The molecule has 1 aliphatic heterocycles. The second kappa shape index (κ2) is 10.3. The molecular formula is C29H38N2O4S. The first-order chi connectivity index (χ1) is 17.0. The van der Waals surface area contributed by atoms with Crippen molar-refractivity contribution < 1.29 is 17.6 Å². The summed E-state index contributed by atoms with van der Waals surface area (Å²) in [5.41, 5.74) is 4.89. The van der Waals surface area contributed by atoms with Crippen molar-refractivity contribution in [3.63, 3.8) is 0 Å². The molecule has 0 radical (unpaired) electrons. The minimum atomic E-state index is -3.13. The van der Waals surface area contributed by atoms with E-state index in [1.165, 1.54) is 5.56 Å². The van der Waals surface area contributed by atoms with Gasteiger partial charge in [-0.15, -0.1) is 0 Å². The van der Waals surface area contributed by atoms with Gasteiger partial charge in [-0.1, -0.05) is 39.0 Å². The van der Waals surface area contributed by atoms with E-state index in [0.717, 1.165) is 40.9 Å². The van der Waals surface area contributed by atoms with E-state index in [2.05, 4.69) is 63.8 Å². The van der Waals surface area contributed by atoms with Gasteiger partial charge in [-0.05, 0) is 61.1 Å². The van der Waals surface area contributed by atoms with Gasteiger partial charge in [0.25, 0.3) is 0 Å². The standard InChI is InChI=1S/C29H38N2O4S/c1-6-30(7-2)24-11-8-21(9-12-24)18-31(25-14-15-36(33,34)20-25)28(32)16-22-19-35-27-13-10-23(17-26(22)27)29(3,4)5/h8-13,17,19,25H,6-7,14-16,18,20H2,1-5H3. The van der Waals surface area contributed by atoms with Crippen molar-refractivity contribution in [2.75, 3.05) is 29.5 Å². The third kappa shape index (κ3) is 5.77. The molecule has 1 aliphatic rings. The summed E-state index contributed by atoms with van der Waals surface area (Å²) in [7, 11) is -3.13. The van der Waals surface area contributed by atoms with Gasteiger partial charge in [0.05, 0.1) is 24.2 Å². The van der Waals surface area contributed by atoms with Crippen molar-refractivity contribution in [2.24, 2.45) is 0 Å². The van der Waals surface area contributed by atoms with Gasteiger partial charge in [0.2, 0.25) is 5.91 Å². The molecule has 7 heteroatoms. The highest BCUT2D eigenvalue weighted by Crippen LogP contribution is 2.30. The molecule has 4 rings (SSSR count). The van der Waals surface area contributed by atoms with Gasteiger partial charge in [0, 0.05) is 42.3 Å². The van der Waals surface area contributed by atoms with Gasteiger partial charge in [0.1, 0.15) is 5.58 Å². The highest BCUT2D eigenvalue weighted by Gasteiger charge is 2.35. The van der Waals surface area contributed by atoms with Crippen LogP contribution in [0, 0.1) is 0 Å². The molecule has 2 heterocycles. The summed E-state index contributed by atoms with van der Waals surface area (Å²) in [6.45, 7) is 13.0. The third-order valence-corrected chi connectivity index (χ3v) is 9.00. The topological polar surface area (TPSA) is 70.8 Å². The Morgan fingerprint density at radius 2 is 1.75 bits per heavy atom. The van der Waals surface area contributed by atoms with E-state index >= 15 is 0 Å². The summed E-state index contributed by atoms with van der Waals surface area (Å²) in [5, 5.41) is 0.943. The maximum absolute atomic E-state index is 13.7. The molecule has 1 atom stereocenters. The zero-order valence-electron chi connectivity index (χ0n) is 22.1. The fourth-order valence-electron chi connectivity index (χ4n) is 4.99. The number of furan rings is 1. The third-order valence-electron chi connectivity index (χ3n) is 7.25. The molecule has 0 spiro atoms. The smallest absolute Gasteiger partial charge is 0.227 e. The molecule has 36 heavy (non-hydrogen) atoms. The molecule has 1 fully saturated rings. The first-order valence-electron chi connectivity index (χ1n) is 12.8. The van der Waals surface area contributed by atoms with E-state index in [-0.39, 0.29) is 35.3 Å². The van der Waals surface area contributed by atoms with Gasteiger partial charge < -0.3 is 14.2 Å². The molecule has 0 aliphatic carbocycles. The molecule has 1 saturated heterocycles. The Morgan fingerprint density at radius 3 is 2.33 bits per heavy atom. The molecule has 2 aromatic carbocycles. The predicted molar refractivity (Wildman–Crippen MR) is 146 cm³/mol. The lowest BCUT2D eigenvalue weighted by atomic mass is 9.86. The van der Waals surface area contributed by atoms with E-state index < -0.39 is 9.84 Å². The van der Waals surface area contributed by atoms with Crippen LogP contribution < -0.4 is 4.90 Å². The van der Waals surface area contributed by atoms with Crippen LogP contribution in [-0.2, 0) is 33.0 Å². The summed E-state index contributed by atoms with van der Waals surface area (Å²) in [4.78, 5) is 17.7. The Balaban J connectivity index is 1.60. The number of nitrogens with zero attached hydrogens (tertiary/aromatic N) is 2. The fraction of sp³-hybridized carbons (Fsp3) is 0.483. The first-order valence-corrected chi connectivity index (χ1v) is 14.7. The Hall–Kier alpha value is -2.80. The number of fused-ring (bicyclic) bond motifs is 1. The summed E-state index contributed by atoms with van der Waals surface area (Å²) in [6, 6.07) is 14.1. The molecule has 1 aromatic heterocycles. The van der Waals surface area contributed by atoms with Crippen LogP contribution >= 0.6 is 0 Å². The van der Waals surface area contributed by atoms with Crippen molar-refractivity contribution in [1.82, 2.24) is 4.90 Å². The number of anilines is 1. The number of carbonyl (C=O) groups is 1. The molecule has 3 aromatic rings. The van der Waals surface area contributed by atoms with E-state index in [0.29, 0.717) is 13.0 Å². The Bertz CT molecular complexity index is 1320. The van der Waals surface area contributed by atoms with Crippen LogP contribution in [-0.4, -0.2) is 49.9 Å². The number of rotatable bonds is 8. The quantitative estimate of drug-likeness (QED) is 0.409. The van der Waals surface area contributed by atoms with Gasteiger partial charge in [-0.25, -0.2) is 8.42 Å². The van der Waals surface area contributed by atoms with Crippen molar-refractivity contribution in [2.45, 2.75) is 65.5 Å². The van der Waals surface area contributed by atoms with Crippen molar-refractivity contribution in [1.29, 1.82) is 0 Å². The van der Waals surface area contributed by atoms with Crippen molar-refractivity contribution in [3.05, 3.63) is 65.4 Å². The van der Waals surface area contributed by atoms with Gasteiger partial charge in [-0.3, -0.25) is 4.79 Å². The summed E-state index contributed by atoms with van der Waals surface area (Å²) < 4.78 is 30.3. The van der Waals surface area contributed by atoms with Crippen LogP contribution in [0.4, 0.5) is 5.69 Å². The minimum absolute atomic E-state index is 0.0196. The van der Waals surface area contributed by atoms with Crippen molar-refractivity contribution in [3.8, 4) is 0 Å². The lowest BCUT2D eigenvalue weighted by Gasteiger charge is -2.29. The molecule has 1 amide bonds. The lowest BCUT2D eigenvalue weighted by molar-refractivity contribution is -0.133. The zero-order valence-corrected chi connectivity index (χ0v) is 22.9. The number of benzene rings is 2. The second-order valence-electron chi connectivity index (χ2n) is 10.8. The average molecular weight is 511 g/mol. The van der Waals surface area contributed by atoms with E-state index in [1.807, 2.05) is 18.2 Å². The van der Waals surface area contributed by atoms with Gasteiger partial charge in [0.15, 0.2) is 9.84 Å². The minimum Gasteiger partial charge on any atom is -0.464 e. The van der Waals surface area contributed by atoms with Crippen LogP contribution in [0.15, 0.2) is 53.1 Å². The average Bonchev–Trinajstić information content (AvgIpc) is 3.40. The maximum Gasteiger partial charge on any atom is 0.227 e. The monoisotopic (exact) mass is 510 g/mol. The molecular weight excluding hydrogens is 472 g/mol. The Kier molecular flexibility index (Phi) is 7.51. The fourth-order valence-corrected chi connectivity index (χ4v) is 6.72. The largest absolute Gasteiger partial charge is 0.464 e. The van der Waals surface area contributed by atoms with Crippen LogP contribution in [0.2, 0.25) is 0 Å². The van der Waals surface area contributed by atoms with Crippen LogP contribution in [0.1, 0.15) is 57.7 Å². The highest BCUT2D eigenvalue weighted by molar-refractivity contribution is 7.91. The SMILES string of the molecule is CCN(CC)c1ccc(CN(C(=O)Cc2coc3ccc(C(C)(C)C)cc23)C2CCS(=O)(=O)C2)cc1. The summed E-state index contributed by atoms with van der Waals surface area (Å²) in [5.74, 6) is 0.0801. The molecule has 194 valence electrons. The molecule has 0 N–H and O–H groups in total. The summed E-state index contributed by atoms with van der Waals surface area (Å²) in [6.07, 6.45) is 2.32. The van der Waals surface area contributed by atoms with Crippen LogP contribution in [0.25, 0.3) is 11.0 Å². The Morgan fingerprint density at radius 1 is 1.06 bits per heavy atom. The number of hydrogen-bond donors (Lipinski definition) is 0. The molecule has 6 nitrogen and oxygen atoms in total. The van der Waals surface area contributed by atoms with E-state index in [4.69, 9.17) is 4.42 Å². The molecule has 0 saturated carbocycles. The zero-order chi connectivity index (χ0) is 26.1. The predicted octanol–water partition coefficient (Wildman–Crippen LogP) is 5.33. The lowest BCUT2D eigenvalue weighted by Crippen LogP contribution is -2.41. The number of amides is 1. The number of hydrogen-bond acceptors (Lipinski definition) is 5.